The molecule has 2 heterocycles. The van der Waals surface area contributed by atoms with Crippen LogP contribution in [0.15, 0.2) is 84.0 Å². The topological polar surface area (TPSA) is 65.3 Å². The van der Waals surface area contributed by atoms with Crippen molar-refractivity contribution in [3.8, 4) is 11.4 Å². The second-order valence-electron chi connectivity index (χ2n) is 6.61. The van der Waals surface area contributed by atoms with E-state index in [1.54, 1.807) is 43.6 Å². The summed E-state index contributed by atoms with van der Waals surface area (Å²) in [5.41, 5.74) is 0.833. The molecule has 146 valence electrons. The first-order chi connectivity index (χ1) is 14.2. The summed E-state index contributed by atoms with van der Waals surface area (Å²) in [6.45, 7) is 1.15. The standard InChI is InChI=1S/C23H21N3O3/c1-29-21-11-5-4-10-20(21)26-16-19(17-8-2-3-9-18(17)23(26)28)22(27)24-12-15-25-13-6-7-14-25/h2-11,13-14,16H,12,15H2,1H3,(H,24,27). The van der Waals surface area contributed by atoms with Crippen LogP contribution in [0.2, 0.25) is 0 Å². The Hall–Kier alpha value is -3.80. The third-order valence-corrected chi connectivity index (χ3v) is 4.84. The number of carbonyl (C=O) groups excluding carboxylic acids is 1. The highest BCUT2D eigenvalue weighted by molar-refractivity contribution is 6.06. The number of fused-ring (bicyclic) bond motifs is 1. The Bertz CT molecular complexity index is 1210. The number of rotatable bonds is 6. The van der Waals surface area contributed by atoms with Gasteiger partial charge in [-0.1, -0.05) is 30.3 Å². The number of hydrogen-bond acceptors (Lipinski definition) is 3. The minimum atomic E-state index is -0.225. The average molecular weight is 387 g/mol. The first-order valence-electron chi connectivity index (χ1n) is 9.36. The fourth-order valence-electron chi connectivity index (χ4n) is 3.39. The zero-order valence-electron chi connectivity index (χ0n) is 16.0. The van der Waals surface area contributed by atoms with E-state index in [1.807, 2.05) is 47.3 Å². The van der Waals surface area contributed by atoms with Crippen molar-refractivity contribution in [1.82, 2.24) is 14.5 Å². The molecule has 2 aromatic carbocycles. The van der Waals surface area contributed by atoms with Crippen molar-refractivity contribution in [2.45, 2.75) is 6.54 Å². The summed E-state index contributed by atoms with van der Waals surface area (Å²) >= 11 is 0. The lowest BCUT2D eigenvalue weighted by molar-refractivity contribution is 0.0953. The van der Waals surface area contributed by atoms with Crippen molar-refractivity contribution in [2.75, 3.05) is 13.7 Å². The Morgan fingerprint density at radius 1 is 0.966 bits per heavy atom. The lowest BCUT2D eigenvalue weighted by atomic mass is 10.1. The molecule has 1 amide bonds. The van der Waals surface area contributed by atoms with E-state index in [1.165, 1.54) is 4.57 Å². The third kappa shape index (κ3) is 3.65. The summed E-state index contributed by atoms with van der Waals surface area (Å²) in [6, 6.07) is 18.3. The normalized spacial score (nSPS) is 10.8. The van der Waals surface area contributed by atoms with Gasteiger partial charge in [-0.2, -0.15) is 0 Å². The smallest absolute Gasteiger partial charge is 0.263 e. The monoisotopic (exact) mass is 387 g/mol. The first-order valence-corrected chi connectivity index (χ1v) is 9.36. The summed E-state index contributed by atoms with van der Waals surface area (Å²) in [4.78, 5) is 26.1. The number of nitrogens with zero attached hydrogens (tertiary/aromatic N) is 2. The molecule has 0 aliphatic carbocycles. The number of hydrogen-bond donors (Lipinski definition) is 1. The molecule has 0 saturated heterocycles. The Labute approximate surface area is 168 Å². The van der Waals surface area contributed by atoms with E-state index in [9.17, 15) is 9.59 Å². The third-order valence-electron chi connectivity index (χ3n) is 4.84. The van der Waals surface area contributed by atoms with E-state index >= 15 is 0 Å². The molecular weight excluding hydrogens is 366 g/mol. The number of para-hydroxylation sites is 2. The van der Waals surface area contributed by atoms with Crippen LogP contribution in [-0.4, -0.2) is 28.7 Å². The number of nitrogens with one attached hydrogen (secondary N) is 1. The molecule has 0 saturated carbocycles. The number of benzene rings is 2. The number of aromatic nitrogens is 2. The van der Waals surface area contributed by atoms with Gasteiger partial charge in [0.15, 0.2) is 0 Å². The molecule has 0 radical (unpaired) electrons. The lowest BCUT2D eigenvalue weighted by Crippen LogP contribution is -2.29. The lowest BCUT2D eigenvalue weighted by Gasteiger charge is -2.15. The van der Waals surface area contributed by atoms with Crippen LogP contribution in [0.5, 0.6) is 5.75 Å². The fraction of sp³-hybridized carbons (Fsp3) is 0.130. The molecule has 6 nitrogen and oxygen atoms in total. The highest BCUT2D eigenvalue weighted by Crippen LogP contribution is 2.23. The van der Waals surface area contributed by atoms with E-state index in [2.05, 4.69) is 5.32 Å². The Kier molecular flexibility index (Phi) is 5.16. The number of ether oxygens (including phenoxy) is 1. The summed E-state index contributed by atoms with van der Waals surface area (Å²) in [7, 11) is 1.56. The second kappa shape index (κ2) is 8.06. The van der Waals surface area contributed by atoms with Crippen LogP contribution in [0.3, 0.4) is 0 Å². The maximum atomic E-state index is 13.1. The zero-order valence-corrected chi connectivity index (χ0v) is 16.0. The van der Waals surface area contributed by atoms with Crippen LogP contribution in [0, 0.1) is 0 Å². The van der Waals surface area contributed by atoms with Crippen molar-refractivity contribution >= 4 is 16.7 Å². The highest BCUT2D eigenvalue weighted by Gasteiger charge is 2.16. The summed E-state index contributed by atoms with van der Waals surface area (Å²) in [5, 5.41) is 4.06. The number of amides is 1. The Morgan fingerprint density at radius 3 is 2.41 bits per heavy atom. The predicted molar refractivity (Wildman–Crippen MR) is 113 cm³/mol. The van der Waals surface area contributed by atoms with E-state index in [-0.39, 0.29) is 11.5 Å². The molecule has 2 aromatic heterocycles. The van der Waals surface area contributed by atoms with Gasteiger partial charge in [0.25, 0.3) is 11.5 Å². The van der Waals surface area contributed by atoms with Crippen molar-refractivity contribution < 1.29 is 9.53 Å². The Balaban J connectivity index is 1.76. The minimum Gasteiger partial charge on any atom is -0.495 e. The van der Waals surface area contributed by atoms with Crippen molar-refractivity contribution in [1.29, 1.82) is 0 Å². The van der Waals surface area contributed by atoms with Crippen LogP contribution in [-0.2, 0) is 6.54 Å². The van der Waals surface area contributed by atoms with Gasteiger partial charge in [-0.25, -0.2) is 0 Å². The van der Waals surface area contributed by atoms with Gasteiger partial charge in [0, 0.05) is 42.5 Å². The van der Waals surface area contributed by atoms with Crippen LogP contribution in [0.1, 0.15) is 10.4 Å². The largest absolute Gasteiger partial charge is 0.495 e. The van der Waals surface area contributed by atoms with Gasteiger partial charge in [-0.15, -0.1) is 0 Å². The molecule has 29 heavy (non-hydrogen) atoms. The molecule has 0 fully saturated rings. The number of carbonyl (C=O) groups is 1. The van der Waals surface area contributed by atoms with Gasteiger partial charge in [0.1, 0.15) is 5.75 Å². The van der Waals surface area contributed by atoms with E-state index in [4.69, 9.17) is 4.74 Å². The quantitative estimate of drug-likeness (QED) is 0.552. The van der Waals surface area contributed by atoms with Gasteiger partial charge in [-0.05, 0) is 30.3 Å². The highest BCUT2D eigenvalue weighted by atomic mass is 16.5. The van der Waals surface area contributed by atoms with Crippen molar-refractivity contribution in [3.63, 3.8) is 0 Å². The molecular formula is C23H21N3O3. The van der Waals surface area contributed by atoms with Gasteiger partial charge < -0.3 is 14.6 Å². The molecule has 1 N–H and O–H groups in total. The van der Waals surface area contributed by atoms with Gasteiger partial charge >= 0.3 is 0 Å². The molecule has 4 aromatic rings. The SMILES string of the molecule is COc1ccccc1-n1cc(C(=O)NCCn2cccc2)c2ccccc2c1=O. The van der Waals surface area contributed by atoms with E-state index < -0.39 is 0 Å². The molecule has 6 heteroatoms. The van der Waals surface area contributed by atoms with Crippen LogP contribution in [0.25, 0.3) is 16.5 Å². The van der Waals surface area contributed by atoms with E-state index in [0.29, 0.717) is 40.9 Å². The maximum absolute atomic E-state index is 13.1. The molecule has 0 spiro atoms. The average Bonchev–Trinajstić information content (AvgIpc) is 3.27. The molecule has 0 unspecified atom stereocenters. The molecule has 4 rings (SSSR count). The molecule has 0 aliphatic rings. The minimum absolute atomic E-state index is 0.200. The van der Waals surface area contributed by atoms with Gasteiger partial charge in [-0.3, -0.25) is 14.2 Å². The van der Waals surface area contributed by atoms with Crippen molar-refractivity contribution in [2.24, 2.45) is 0 Å². The first kappa shape index (κ1) is 18.6. The summed E-state index contributed by atoms with van der Waals surface area (Å²) in [5.74, 6) is 0.334. The van der Waals surface area contributed by atoms with Crippen LogP contribution < -0.4 is 15.6 Å². The number of pyridine rings is 1. The Morgan fingerprint density at radius 2 is 1.66 bits per heavy atom. The van der Waals surface area contributed by atoms with E-state index in [0.717, 1.165) is 0 Å². The molecule has 0 atom stereocenters. The predicted octanol–water partition coefficient (Wildman–Crippen LogP) is 3.23. The van der Waals surface area contributed by atoms with Gasteiger partial charge in [0.2, 0.25) is 0 Å². The summed E-state index contributed by atoms with van der Waals surface area (Å²) < 4.78 is 8.88. The second-order valence-corrected chi connectivity index (χ2v) is 6.61. The van der Waals surface area contributed by atoms with Crippen LogP contribution in [0.4, 0.5) is 0 Å². The number of methoxy groups -OCH3 is 1. The molecule has 0 aliphatic heterocycles. The maximum Gasteiger partial charge on any atom is 0.263 e. The zero-order chi connectivity index (χ0) is 20.2. The molecule has 0 bridgehead atoms. The van der Waals surface area contributed by atoms with Gasteiger partial charge in [0.05, 0.1) is 18.4 Å². The van der Waals surface area contributed by atoms with Crippen molar-refractivity contribution in [3.05, 3.63) is 95.2 Å². The fourth-order valence-corrected chi connectivity index (χ4v) is 3.39. The summed E-state index contributed by atoms with van der Waals surface area (Å²) in [6.07, 6.45) is 5.49. The van der Waals surface area contributed by atoms with Crippen LogP contribution >= 0.6 is 0 Å².